The molecular formula is C14H22N2O3S. The molecule has 20 heavy (non-hydrogen) atoms. The summed E-state index contributed by atoms with van der Waals surface area (Å²) in [6.45, 7) is 0. The Morgan fingerprint density at radius 2 is 1.85 bits per heavy atom. The highest BCUT2D eigenvalue weighted by molar-refractivity contribution is 7.89. The van der Waals surface area contributed by atoms with Gasteiger partial charge in [-0.1, -0.05) is 25.7 Å². The van der Waals surface area contributed by atoms with Crippen LogP contribution in [0.4, 0.5) is 5.69 Å². The van der Waals surface area contributed by atoms with Crippen molar-refractivity contribution in [3.05, 3.63) is 18.2 Å². The van der Waals surface area contributed by atoms with Gasteiger partial charge in [0.05, 0.1) is 17.7 Å². The standard InChI is InChI=1S/C14H22N2O3S/c1-19-14-9-8-12(10-13(14)15)20(17,18)16-11-6-4-2-3-5-7-11/h8-11,16H,2-7,15H2,1H3. The predicted octanol–water partition coefficient (Wildman–Crippen LogP) is 2.28. The number of nitrogen functional groups attached to an aromatic ring is 1. The molecule has 1 aliphatic rings. The molecule has 112 valence electrons. The van der Waals surface area contributed by atoms with Gasteiger partial charge in [-0.05, 0) is 31.0 Å². The van der Waals surface area contributed by atoms with Crippen molar-refractivity contribution >= 4 is 15.7 Å². The highest BCUT2D eigenvalue weighted by Gasteiger charge is 2.21. The highest BCUT2D eigenvalue weighted by Crippen LogP contribution is 2.25. The van der Waals surface area contributed by atoms with Crippen molar-refractivity contribution in [1.82, 2.24) is 4.72 Å². The lowest BCUT2D eigenvalue weighted by molar-refractivity contribution is 0.416. The van der Waals surface area contributed by atoms with E-state index in [-0.39, 0.29) is 10.9 Å². The van der Waals surface area contributed by atoms with Crippen LogP contribution in [0.2, 0.25) is 0 Å². The molecule has 1 aliphatic carbocycles. The molecule has 0 spiro atoms. The summed E-state index contributed by atoms with van der Waals surface area (Å²) in [6.07, 6.45) is 6.35. The van der Waals surface area contributed by atoms with Crippen molar-refractivity contribution in [2.24, 2.45) is 0 Å². The van der Waals surface area contributed by atoms with Gasteiger partial charge >= 0.3 is 0 Å². The van der Waals surface area contributed by atoms with E-state index in [1.165, 1.54) is 32.1 Å². The Labute approximate surface area is 120 Å². The molecule has 6 heteroatoms. The number of sulfonamides is 1. The van der Waals surface area contributed by atoms with E-state index in [0.29, 0.717) is 11.4 Å². The normalized spacial score (nSPS) is 17.6. The van der Waals surface area contributed by atoms with Gasteiger partial charge in [-0.15, -0.1) is 0 Å². The molecule has 0 unspecified atom stereocenters. The third kappa shape index (κ3) is 3.64. The molecule has 0 radical (unpaired) electrons. The van der Waals surface area contributed by atoms with Gasteiger partial charge in [0.2, 0.25) is 10.0 Å². The van der Waals surface area contributed by atoms with Crippen LogP contribution in [0.5, 0.6) is 5.75 Å². The van der Waals surface area contributed by atoms with Crippen molar-refractivity contribution < 1.29 is 13.2 Å². The number of benzene rings is 1. The molecule has 0 saturated heterocycles. The molecule has 0 atom stereocenters. The Morgan fingerprint density at radius 1 is 1.20 bits per heavy atom. The summed E-state index contributed by atoms with van der Waals surface area (Å²) in [6, 6.07) is 4.58. The minimum absolute atomic E-state index is 0.0332. The summed E-state index contributed by atoms with van der Waals surface area (Å²) in [5.41, 5.74) is 6.10. The molecule has 0 aromatic heterocycles. The van der Waals surface area contributed by atoms with Gasteiger partial charge in [0.15, 0.2) is 0 Å². The van der Waals surface area contributed by atoms with Crippen LogP contribution in [-0.2, 0) is 10.0 Å². The summed E-state index contributed by atoms with van der Waals surface area (Å²) in [5, 5.41) is 0. The van der Waals surface area contributed by atoms with Gasteiger partial charge in [0.25, 0.3) is 0 Å². The quantitative estimate of drug-likeness (QED) is 0.660. The molecule has 1 fully saturated rings. The molecular weight excluding hydrogens is 276 g/mol. The summed E-state index contributed by atoms with van der Waals surface area (Å²) < 4.78 is 32.5. The molecule has 0 aliphatic heterocycles. The molecule has 1 aromatic rings. The first-order valence-corrected chi connectivity index (χ1v) is 8.47. The predicted molar refractivity (Wildman–Crippen MR) is 79.2 cm³/mol. The molecule has 3 N–H and O–H groups in total. The Kier molecular flexibility index (Phi) is 4.88. The fourth-order valence-corrected chi connectivity index (χ4v) is 3.90. The number of rotatable bonds is 4. The number of ether oxygens (including phenoxy) is 1. The highest BCUT2D eigenvalue weighted by atomic mass is 32.2. The van der Waals surface area contributed by atoms with E-state index in [2.05, 4.69) is 4.72 Å². The fraction of sp³-hybridized carbons (Fsp3) is 0.571. The van der Waals surface area contributed by atoms with Crippen LogP contribution in [0.1, 0.15) is 38.5 Å². The number of anilines is 1. The molecule has 0 heterocycles. The molecule has 0 bridgehead atoms. The van der Waals surface area contributed by atoms with Crippen LogP contribution in [-0.4, -0.2) is 21.6 Å². The minimum Gasteiger partial charge on any atom is -0.495 e. The Balaban J connectivity index is 2.15. The topological polar surface area (TPSA) is 81.4 Å². The van der Waals surface area contributed by atoms with Crippen LogP contribution in [0, 0.1) is 0 Å². The van der Waals surface area contributed by atoms with Crippen molar-refractivity contribution in [2.75, 3.05) is 12.8 Å². The average molecular weight is 298 g/mol. The monoisotopic (exact) mass is 298 g/mol. The van der Waals surface area contributed by atoms with E-state index < -0.39 is 10.0 Å². The molecule has 1 aromatic carbocycles. The van der Waals surface area contributed by atoms with Gasteiger partial charge in [0.1, 0.15) is 5.75 Å². The minimum atomic E-state index is -3.51. The van der Waals surface area contributed by atoms with E-state index in [9.17, 15) is 8.42 Å². The third-order valence-corrected chi connectivity index (χ3v) is 5.21. The Hall–Kier alpha value is -1.27. The lowest BCUT2D eigenvalue weighted by Crippen LogP contribution is -2.34. The summed E-state index contributed by atoms with van der Waals surface area (Å²) >= 11 is 0. The fourth-order valence-electron chi connectivity index (χ4n) is 2.56. The van der Waals surface area contributed by atoms with Crippen LogP contribution in [0.15, 0.2) is 23.1 Å². The zero-order valence-corrected chi connectivity index (χ0v) is 12.6. The van der Waals surface area contributed by atoms with E-state index in [1.807, 2.05) is 0 Å². The number of hydrogen-bond donors (Lipinski definition) is 2. The maximum Gasteiger partial charge on any atom is 0.240 e. The van der Waals surface area contributed by atoms with Gasteiger partial charge < -0.3 is 10.5 Å². The second-order valence-electron chi connectivity index (χ2n) is 5.21. The zero-order chi connectivity index (χ0) is 14.6. The van der Waals surface area contributed by atoms with Gasteiger partial charge in [-0.25, -0.2) is 13.1 Å². The number of nitrogens with two attached hydrogens (primary N) is 1. The summed E-state index contributed by atoms with van der Waals surface area (Å²) in [7, 11) is -2.01. The molecule has 5 nitrogen and oxygen atoms in total. The molecule has 1 saturated carbocycles. The summed E-state index contributed by atoms with van der Waals surface area (Å²) in [4.78, 5) is 0.194. The van der Waals surface area contributed by atoms with Gasteiger partial charge in [0, 0.05) is 6.04 Å². The number of hydrogen-bond acceptors (Lipinski definition) is 4. The largest absolute Gasteiger partial charge is 0.495 e. The van der Waals surface area contributed by atoms with E-state index >= 15 is 0 Å². The van der Waals surface area contributed by atoms with E-state index in [4.69, 9.17) is 10.5 Å². The van der Waals surface area contributed by atoms with Crippen molar-refractivity contribution in [2.45, 2.75) is 49.5 Å². The van der Waals surface area contributed by atoms with Crippen molar-refractivity contribution in [3.63, 3.8) is 0 Å². The van der Waals surface area contributed by atoms with E-state index in [1.54, 1.807) is 6.07 Å². The second kappa shape index (κ2) is 6.45. The molecule has 2 rings (SSSR count). The number of methoxy groups -OCH3 is 1. The lowest BCUT2D eigenvalue weighted by Gasteiger charge is -2.17. The van der Waals surface area contributed by atoms with Gasteiger partial charge in [-0.2, -0.15) is 0 Å². The number of nitrogens with one attached hydrogen (secondary N) is 1. The first-order valence-electron chi connectivity index (χ1n) is 6.99. The van der Waals surface area contributed by atoms with Crippen LogP contribution in [0.25, 0.3) is 0 Å². The zero-order valence-electron chi connectivity index (χ0n) is 11.8. The first kappa shape index (κ1) is 15.1. The second-order valence-corrected chi connectivity index (χ2v) is 6.93. The average Bonchev–Trinajstić information content (AvgIpc) is 2.66. The van der Waals surface area contributed by atoms with Crippen LogP contribution < -0.4 is 15.2 Å². The van der Waals surface area contributed by atoms with Gasteiger partial charge in [-0.3, -0.25) is 0 Å². The van der Waals surface area contributed by atoms with E-state index in [0.717, 1.165) is 25.7 Å². The van der Waals surface area contributed by atoms with Crippen molar-refractivity contribution in [1.29, 1.82) is 0 Å². The van der Waals surface area contributed by atoms with Crippen molar-refractivity contribution in [3.8, 4) is 5.75 Å². The Bertz CT molecular complexity index is 550. The maximum absolute atomic E-state index is 12.4. The van der Waals surface area contributed by atoms with Crippen LogP contribution in [0.3, 0.4) is 0 Å². The third-order valence-electron chi connectivity index (χ3n) is 3.69. The lowest BCUT2D eigenvalue weighted by atomic mass is 10.1. The summed E-state index contributed by atoms with van der Waals surface area (Å²) in [5.74, 6) is 0.485. The Morgan fingerprint density at radius 3 is 2.40 bits per heavy atom. The SMILES string of the molecule is COc1ccc(S(=O)(=O)NC2CCCCCC2)cc1N. The molecule has 0 amide bonds. The maximum atomic E-state index is 12.4. The van der Waals surface area contributed by atoms with Crippen LogP contribution >= 0.6 is 0 Å². The smallest absolute Gasteiger partial charge is 0.240 e. The first-order chi connectivity index (χ1) is 9.53.